The van der Waals surface area contributed by atoms with Gasteiger partial charge >= 0.3 is 0 Å². The molecule has 1 atom stereocenters. The highest BCUT2D eigenvalue weighted by molar-refractivity contribution is 7.98. The quantitative estimate of drug-likeness (QED) is 0.259. The Hall–Kier alpha value is -3.09. The summed E-state index contributed by atoms with van der Waals surface area (Å²) in [7, 11) is 0. The molecule has 168 valence electrons. The van der Waals surface area contributed by atoms with Crippen LogP contribution < -0.4 is 5.32 Å². The molecule has 7 heteroatoms. The molecule has 0 aliphatic carbocycles. The highest BCUT2D eigenvalue weighted by atomic mass is 35.5. The number of halogens is 1. The van der Waals surface area contributed by atoms with Crippen molar-refractivity contribution in [3.63, 3.8) is 0 Å². The number of hydrogen-bond donors (Lipinski definition) is 1. The fourth-order valence-corrected chi connectivity index (χ4v) is 4.58. The van der Waals surface area contributed by atoms with E-state index >= 15 is 0 Å². The summed E-state index contributed by atoms with van der Waals surface area (Å²) in [6.45, 7) is 4.36. The number of carbonyl (C=O) groups excluding carboxylic acids is 1. The van der Waals surface area contributed by atoms with Gasteiger partial charge in [0, 0.05) is 11.4 Å². The van der Waals surface area contributed by atoms with E-state index in [1.54, 1.807) is 11.8 Å². The molecule has 0 saturated carbocycles. The predicted octanol–water partition coefficient (Wildman–Crippen LogP) is 5.77. The molecule has 0 radical (unpaired) electrons. The van der Waals surface area contributed by atoms with E-state index < -0.39 is 5.38 Å². The summed E-state index contributed by atoms with van der Waals surface area (Å²) < 4.78 is 1.99. The van der Waals surface area contributed by atoms with Crippen LogP contribution >= 0.6 is 23.4 Å². The molecular weight excluding hydrogens is 452 g/mol. The third kappa shape index (κ3) is 5.83. The van der Waals surface area contributed by atoms with E-state index in [4.69, 9.17) is 11.6 Å². The summed E-state index contributed by atoms with van der Waals surface area (Å²) in [6.07, 6.45) is 0. The van der Waals surface area contributed by atoms with Crippen LogP contribution in [0.3, 0.4) is 0 Å². The normalized spacial score (nSPS) is 11.8. The first-order chi connectivity index (χ1) is 16.0. The fourth-order valence-electron chi connectivity index (χ4n) is 3.44. The Morgan fingerprint density at radius 3 is 2.45 bits per heavy atom. The van der Waals surface area contributed by atoms with Crippen LogP contribution in [0.1, 0.15) is 33.5 Å². The minimum atomic E-state index is -0.767. The lowest BCUT2D eigenvalue weighted by molar-refractivity contribution is -0.121. The number of aromatic nitrogens is 3. The van der Waals surface area contributed by atoms with Gasteiger partial charge in [0.15, 0.2) is 11.0 Å². The minimum Gasteiger partial charge on any atom is -0.347 e. The summed E-state index contributed by atoms with van der Waals surface area (Å²) in [4.78, 5) is 12.7. The van der Waals surface area contributed by atoms with Crippen LogP contribution in [0, 0.1) is 13.8 Å². The van der Waals surface area contributed by atoms with Crippen LogP contribution in [0.2, 0.25) is 0 Å². The molecule has 0 saturated heterocycles. The molecule has 0 fully saturated rings. The molecule has 4 aromatic rings. The van der Waals surface area contributed by atoms with Gasteiger partial charge in [0.05, 0.1) is 6.54 Å². The summed E-state index contributed by atoms with van der Waals surface area (Å²) in [5.74, 6) is 1.15. The highest BCUT2D eigenvalue weighted by Gasteiger charge is 2.20. The van der Waals surface area contributed by atoms with Crippen LogP contribution in [-0.4, -0.2) is 20.7 Å². The molecule has 0 aliphatic rings. The SMILES string of the molecule is Cc1ccc(-n2c(CNC(=O)C(Cl)c3ccccc3)nnc2SCc2cccc(C)c2)cc1. The van der Waals surface area contributed by atoms with Crippen LogP contribution in [0.15, 0.2) is 84.0 Å². The van der Waals surface area contributed by atoms with Gasteiger partial charge in [0.25, 0.3) is 0 Å². The highest BCUT2D eigenvalue weighted by Crippen LogP contribution is 2.26. The van der Waals surface area contributed by atoms with Gasteiger partial charge in [-0.1, -0.05) is 89.6 Å². The van der Waals surface area contributed by atoms with Gasteiger partial charge in [-0.05, 0) is 37.1 Å². The zero-order valence-electron chi connectivity index (χ0n) is 18.5. The molecule has 1 unspecified atom stereocenters. The zero-order chi connectivity index (χ0) is 23.2. The zero-order valence-corrected chi connectivity index (χ0v) is 20.1. The van der Waals surface area contributed by atoms with E-state index in [1.807, 2.05) is 47.0 Å². The molecule has 1 N–H and O–H groups in total. The first-order valence-electron chi connectivity index (χ1n) is 10.7. The number of rotatable bonds is 8. The molecular formula is C26H25ClN4OS. The van der Waals surface area contributed by atoms with Gasteiger partial charge in [-0.3, -0.25) is 9.36 Å². The van der Waals surface area contributed by atoms with Crippen molar-refractivity contribution < 1.29 is 4.79 Å². The van der Waals surface area contributed by atoms with E-state index in [0.29, 0.717) is 5.82 Å². The maximum atomic E-state index is 12.7. The number of thioether (sulfide) groups is 1. The van der Waals surface area contributed by atoms with Gasteiger partial charge < -0.3 is 5.32 Å². The molecule has 4 rings (SSSR count). The third-order valence-electron chi connectivity index (χ3n) is 5.19. The lowest BCUT2D eigenvalue weighted by atomic mass is 10.1. The van der Waals surface area contributed by atoms with E-state index in [1.165, 1.54) is 16.7 Å². The Bertz CT molecular complexity index is 1220. The second-order valence-electron chi connectivity index (χ2n) is 7.84. The first kappa shape index (κ1) is 23.1. The van der Waals surface area contributed by atoms with E-state index in [9.17, 15) is 4.79 Å². The summed E-state index contributed by atoms with van der Waals surface area (Å²) in [6, 6.07) is 25.9. The maximum absolute atomic E-state index is 12.7. The van der Waals surface area contributed by atoms with Crippen molar-refractivity contribution in [3.8, 4) is 5.69 Å². The Morgan fingerprint density at radius 2 is 1.73 bits per heavy atom. The largest absolute Gasteiger partial charge is 0.347 e. The van der Waals surface area contributed by atoms with Gasteiger partial charge in [-0.25, -0.2) is 0 Å². The number of nitrogens with zero attached hydrogens (tertiary/aromatic N) is 3. The number of amides is 1. The number of alkyl halides is 1. The predicted molar refractivity (Wildman–Crippen MR) is 134 cm³/mol. The van der Waals surface area contributed by atoms with Crippen molar-refractivity contribution >= 4 is 29.3 Å². The van der Waals surface area contributed by atoms with Gasteiger partial charge in [-0.2, -0.15) is 0 Å². The Morgan fingerprint density at radius 1 is 0.970 bits per heavy atom. The van der Waals surface area contributed by atoms with E-state index in [0.717, 1.165) is 22.2 Å². The topological polar surface area (TPSA) is 59.8 Å². The minimum absolute atomic E-state index is 0.223. The van der Waals surface area contributed by atoms with Gasteiger partial charge in [-0.15, -0.1) is 21.8 Å². The molecule has 1 amide bonds. The molecule has 0 spiro atoms. The van der Waals surface area contributed by atoms with Crippen molar-refractivity contribution in [1.82, 2.24) is 20.1 Å². The van der Waals surface area contributed by atoms with Crippen LogP contribution in [0.25, 0.3) is 5.69 Å². The third-order valence-corrected chi connectivity index (χ3v) is 6.64. The maximum Gasteiger partial charge on any atom is 0.242 e. The van der Waals surface area contributed by atoms with Crippen molar-refractivity contribution in [3.05, 3.63) is 107 Å². The van der Waals surface area contributed by atoms with Crippen LogP contribution in [0.4, 0.5) is 0 Å². The number of hydrogen-bond acceptors (Lipinski definition) is 4. The lowest BCUT2D eigenvalue weighted by Gasteiger charge is -2.13. The summed E-state index contributed by atoms with van der Waals surface area (Å²) in [5, 5.41) is 11.7. The molecule has 0 aliphatic heterocycles. The van der Waals surface area contributed by atoms with Crippen LogP contribution in [-0.2, 0) is 17.1 Å². The second-order valence-corrected chi connectivity index (χ2v) is 9.22. The standard InChI is InChI=1S/C26H25ClN4OS/c1-18-11-13-22(14-12-18)31-23(16-28-25(32)24(27)21-9-4-3-5-10-21)29-30-26(31)33-17-20-8-6-7-19(2)15-20/h3-15,24H,16-17H2,1-2H3,(H,28,32). The lowest BCUT2D eigenvalue weighted by Crippen LogP contribution is -2.27. The molecule has 33 heavy (non-hydrogen) atoms. The Balaban J connectivity index is 1.54. The average Bonchev–Trinajstić information content (AvgIpc) is 3.24. The summed E-state index contributed by atoms with van der Waals surface area (Å²) >= 11 is 7.99. The van der Waals surface area contributed by atoms with Gasteiger partial charge in [0.2, 0.25) is 5.91 Å². The van der Waals surface area contributed by atoms with Crippen LogP contribution in [0.5, 0.6) is 0 Å². The molecule has 1 aromatic heterocycles. The van der Waals surface area contributed by atoms with Crippen molar-refractivity contribution in [2.24, 2.45) is 0 Å². The van der Waals surface area contributed by atoms with Crippen molar-refractivity contribution in [2.45, 2.75) is 36.7 Å². The van der Waals surface area contributed by atoms with E-state index in [-0.39, 0.29) is 12.5 Å². The van der Waals surface area contributed by atoms with E-state index in [2.05, 4.69) is 65.8 Å². The average molecular weight is 477 g/mol. The first-order valence-corrected chi connectivity index (χ1v) is 12.1. The molecule has 3 aromatic carbocycles. The fraction of sp³-hybridized carbons (Fsp3) is 0.192. The van der Waals surface area contributed by atoms with Crippen molar-refractivity contribution in [1.29, 1.82) is 0 Å². The van der Waals surface area contributed by atoms with Crippen molar-refractivity contribution in [2.75, 3.05) is 0 Å². The number of carbonyl (C=O) groups is 1. The monoisotopic (exact) mass is 476 g/mol. The number of aryl methyl sites for hydroxylation is 2. The Kier molecular flexibility index (Phi) is 7.47. The van der Waals surface area contributed by atoms with Gasteiger partial charge in [0.1, 0.15) is 5.38 Å². The second kappa shape index (κ2) is 10.7. The molecule has 0 bridgehead atoms. The molecule has 5 nitrogen and oxygen atoms in total. The smallest absolute Gasteiger partial charge is 0.242 e. The summed E-state index contributed by atoms with van der Waals surface area (Å²) in [5.41, 5.74) is 5.33. The molecule has 1 heterocycles. The number of benzene rings is 3. The Labute approximate surface area is 203 Å². The number of nitrogens with one attached hydrogen (secondary N) is 1.